The summed E-state index contributed by atoms with van der Waals surface area (Å²) in [6.07, 6.45) is -1.59. The van der Waals surface area contributed by atoms with Crippen LogP contribution in [-0.2, 0) is 28.5 Å². The second-order valence-corrected chi connectivity index (χ2v) is 27.2. The first-order valence-electron chi connectivity index (χ1n) is 19.3. The van der Waals surface area contributed by atoms with Crippen molar-refractivity contribution in [2.24, 2.45) is 11.3 Å². The minimum atomic E-state index is -1.63. The Morgan fingerprint density at radius 1 is 0.897 bits per heavy atom. The molecule has 0 saturated carbocycles. The summed E-state index contributed by atoms with van der Waals surface area (Å²) < 4.78 is 21.5. The molecule has 0 spiro atoms. The number of ether oxygens (including phenoxy) is 4. The van der Waals surface area contributed by atoms with Crippen LogP contribution in [0.5, 0.6) is 0 Å². The van der Waals surface area contributed by atoms with E-state index in [1.165, 1.54) is 24.6 Å². The molecule has 0 aliphatic heterocycles. The molecule has 0 unspecified atom stereocenters. The van der Waals surface area contributed by atoms with Crippen LogP contribution in [0.3, 0.4) is 0 Å². The van der Waals surface area contributed by atoms with Crippen molar-refractivity contribution in [2.75, 3.05) is 13.2 Å². The lowest BCUT2D eigenvalue weighted by atomic mass is 9.83. The van der Waals surface area contributed by atoms with Gasteiger partial charge in [-0.15, -0.1) is 45.9 Å². The molecule has 3 N–H and O–H groups in total. The standard InChI is InChI=1S/C39H62Cl2N4O10S2Si/c1-14-23(2)28(45-27(46)20-42-35(50)55-36(3,4)5)30-43-25(22-56-30)33(48)53-26(16-15-17-39(10,40)41)37(6,7)34(49)54-29(38(8,9)51)31-44-24(21-57-31)32(47)52-18-19-58(11,12)13/h21-23,26,28-29,51H,14-20H2,1-13H3,(H,42,50)(H,45,46)/t23-,26-,28-,29+/m0/s1. The lowest BCUT2D eigenvalue weighted by Crippen LogP contribution is -2.44. The molecule has 0 fully saturated rings. The predicted octanol–water partition coefficient (Wildman–Crippen LogP) is 8.79. The Morgan fingerprint density at radius 2 is 1.47 bits per heavy atom. The van der Waals surface area contributed by atoms with Crippen LogP contribution < -0.4 is 10.6 Å². The van der Waals surface area contributed by atoms with Crippen molar-refractivity contribution < 1.29 is 48.0 Å². The minimum Gasteiger partial charge on any atom is -0.461 e. The molecule has 2 aromatic heterocycles. The molecule has 0 aliphatic carbocycles. The maximum Gasteiger partial charge on any atom is 0.408 e. The number of rotatable bonds is 21. The minimum absolute atomic E-state index is 0.0346. The average Bonchev–Trinajstić information content (AvgIpc) is 3.76. The summed E-state index contributed by atoms with van der Waals surface area (Å²) in [5.41, 5.74) is -3.85. The van der Waals surface area contributed by atoms with Gasteiger partial charge in [-0.05, 0) is 86.6 Å². The third-order valence-electron chi connectivity index (χ3n) is 8.89. The predicted molar refractivity (Wildman–Crippen MR) is 229 cm³/mol. The molecule has 2 aromatic rings. The lowest BCUT2D eigenvalue weighted by molar-refractivity contribution is -0.179. The van der Waals surface area contributed by atoms with E-state index in [-0.39, 0.29) is 41.9 Å². The van der Waals surface area contributed by atoms with Crippen LogP contribution in [0.2, 0.25) is 25.7 Å². The van der Waals surface area contributed by atoms with Crippen molar-refractivity contribution in [3.63, 3.8) is 0 Å². The third kappa shape index (κ3) is 17.4. The van der Waals surface area contributed by atoms with E-state index in [9.17, 15) is 29.1 Å². The molecule has 19 heteroatoms. The fraction of sp³-hybridized carbons (Fsp3) is 0.718. The van der Waals surface area contributed by atoms with Gasteiger partial charge in [-0.2, -0.15) is 0 Å². The number of esters is 3. The maximum atomic E-state index is 14.1. The molecule has 0 aromatic carbocycles. The maximum absolute atomic E-state index is 14.1. The summed E-state index contributed by atoms with van der Waals surface area (Å²) in [6, 6.07) is 0.195. The molecule has 14 nitrogen and oxygen atoms in total. The highest BCUT2D eigenvalue weighted by Crippen LogP contribution is 2.38. The number of thiazole rings is 2. The molecule has 58 heavy (non-hydrogen) atoms. The molecule has 4 atom stereocenters. The quantitative estimate of drug-likeness (QED) is 0.0468. The fourth-order valence-electron chi connectivity index (χ4n) is 5.17. The molecule has 0 bridgehead atoms. The summed E-state index contributed by atoms with van der Waals surface area (Å²) >= 11 is 14.7. The van der Waals surface area contributed by atoms with Gasteiger partial charge in [0.1, 0.15) is 38.2 Å². The van der Waals surface area contributed by atoms with Gasteiger partial charge in [0, 0.05) is 18.8 Å². The van der Waals surface area contributed by atoms with Gasteiger partial charge in [0.15, 0.2) is 17.5 Å². The highest BCUT2D eigenvalue weighted by atomic mass is 35.5. The van der Waals surface area contributed by atoms with Crippen LogP contribution >= 0.6 is 45.9 Å². The fourth-order valence-corrected chi connectivity index (χ4v) is 8.11. The van der Waals surface area contributed by atoms with E-state index in [4.69, 9.17) is 42.1 Å². The largest absolute Gasteiger partial charge is 0.461 e. The van der Waals surface area contributed by atoms with Crippen molar-refractivity contribution in [2.45, 2.75) is 154 Å². The number of carbonyl (C=O) groups excluding carboxylic acids is 5. The number of carbonyl (C=O) groups is 5. The van der Waals surface area contributed by atoms with E-state index < -0.39 is 77.2 Å². The Kier molecular flexibility index (Phi) is 18.7. The van der Waals surface area contributed by atoms with Gasteiger partial charge in [0.25, 0.3) is 0 Å². The summed E-state index contributed by atoms with van der Waals surface area (Å²) in [4.78, 5) is 74.5. The summed E-state index contributed by atoms with van der Waals surface area (Å²) in [6.45, 7) is 23.1. The molecular weight excluding hydrogens is 848 g/mol. The molecule has 2 heterocycles. The monoisotopic (exact) mass is 908 g/mol. The van der Waals surface area contributed by atoms with Crippen LogP contribution in [0.4, 0.5) is 4.79 Å². The second-order valence-electron chi connectivity index (χ2n) is 17.9. The highest BCUT2D eigenvalue weighted by molar-refractivity contribution is 7.10. The Labute approximate surface area is 361 Å². The van der Waals surface area contributed by atoms with Gasteiger partial charge < -0.3 is 34.7 Å². The molecule has 328 valence electrons. The number of nitrogens with zero attached hydrogens (tertiary/aromatic N) is 2. The Bertz CT molecular complexity index is 1710. The molecule has 2 amide bonds. The zero-order valence-electron chi connectivity index (χ0n) is 36.0. The van der Waals surface area contributed by atoms with E-state index in [1.807, 2.05) is 13.8 Å². The van der Waals surface area contributed by atoms with Gasteiger partial charge in [0.2, 0.25) is 5.91 Å². The van der Waals surface area contributed by atoms with Crippen LogP contribution in [0.15, 0.2) is 10.8 Å². The van der Waals surface area contributed by atoms with Gasteiger partial charge in [0.05, 0.1) is 18.1 Å². The van der Waals surface area contributed by atoms with E-state index in [0.29, 0.717) is 24.3 Å². The molecule has 2 rings (SSSR count). The number of amides is 2. The summed E-state index contributed by atoms with van der Waals surface area (Å²) in [7, 11) is -1.44. The summed E-state index contributed by atoms with van der Waals surface area (Å²) in [5, 5.41) is 20.1. The number of alkyl halides is 2. The Hall–Kier alpha value is -2.83. The molecular formula is C39H62Cl2N4O10S2Si. The Morgan fingerprint density at radius 3 is 2.00 bits per heavy atom. The number of aliphatic hydroxyl groups is 1. The number of hydrogen-bond acceptors (Lipinski definition) is 14. The van der Waals surface area contributed by atoms with Crippen LogP contribution in [-0.4, -0.2) is 87.8 Å². The van der Waals surface area contributed by atoms with Crippen molar-refractivity contribution >= 4 is 83.9 Å². The SMILES string of the molecule is CC[C@H](C)[C@H](NC(=O)CNC(=O)OC(C)(C)C)c1nc(C(=O)O[C@@H](CCCC(C)(Cl)Cl)C(C)(C)C(=O)O[C@H](c2nc(C(=O)OCC[Si](C)(C)C)cs2)C(C)(C)O)cs1. The number of nitrogens with one attached hydrogen (secondary N) is 2. The van der Waals surface area contributed by atoms with Crippen LogP contribution in [0.1, 0.15) is 138 Å². The zero-order valence-corrected chi connectivity index (χ0v) is 40.1. The normalized spacial score (nSPS) is 14.8. The van der Waals surface area contributed by atoms with Gasteiger partial charge >= 0.3 is 24.0 Å². The first-order valence-corrected chi connectivity index (χ1v) is 25.5. The molecule has 0 radical (unpaired) electrons. The van der Waals surface area contributed by atoms with Crippen molar-refractivity contribution in [3.8, 4) is 0 Å². The van der Waals surface area contributed by atoms with Gasteiger partial charge in [-0.1, -0.05) is 39.9 Å². The molecule has 0 saturated heterocycles. The van der Waals surface area contributed by atoms with Crippen LogP contribution in [0, 0.1) is 11.3 Å². The molecule has 0 aliphatic rings. The van der Waals surface area contributed by atoms with Crippen molar-refractivity contribution in [3.05, 3.63) is 32.2 Å². The lowest BCUT2D eigenvalue weighted by Gasteiger charge is -2.35. The first-order chi connectivity index (χ1) is 26.4. The van der Waals surface area contributed by atoms with Gasteiger partial charge in [-0.3, -0.25) is 9.59 Å². The number of hydrogen-bond donors (Lipinski definition) is 3. The third-order valence-corrected chi connectivity index (χ3v) is 12.8. The van der Waals surface area contributed by atoms with E-state index in [1.54, 1.807) is 41.5 Å². The smallest absolute Gasteiger partial charge is 0.408 e. The van der Waals surface area contributed by atoms with Gasteiger partial charge in [-0.25, -0.2) is 24.4 Å². The topological polar surface area (TPSA) is 192 Å². The van der Waals surface area contributed by atoms with Crippen molar-refractivity contribution in [1.82, 2.24) is 20.6 Å². The number of alkyl carbamates (subject to hydrolysis) is 1. The zero-order chi connectivity index (χ0) is 44.4. The summed E-state index contributed by atoms with van der Waals surface area (Å²) in [5.74, 6) is -2.80. The Balaban J connectivity index is 2.32. The van der Waals surface area contributed by atoms with Crippen molar-refractivity contribution in [1.29, 1.82) is 0 Å². The average molecular weight is 910 g/mol. The van der Waals surface area contributed by atoms with E-state index in [2.05, 4.69) is 40.2 Å². The van der Waals surface area contributed by atoms with Crippen LogP contribution in [0.25, 0.3) is 0 Å². The van der Waals surface area contributed by atoms with E-state index in [0.717, 1.165) is 28.7 Å². The first kappa shape index (κ1) is 51.3. The number of halogens is 2. The highest BCUT2D eigenvalue weighted by Gasteiger charge is 2.45. The number of aromatic nitrogens is 2. The van der Waals surface area contributed by atoms with E-state index >= 15 is 0 Å². The second kappa shape index (κ2) is 21.1.